The first-order valence-corrected chi connectivity index (χ1v) is 11.1. The molecular weight excluding hydrogens is 434 g/mol. The molecular formula is C20H23N7O4S. The van der Waals surface area contributed by atoms with Crippen molar-refractivity contribution in [3.05, 3.63) is 66.1 Å². The van der Waals surface area contributed by atoms with Crippen LogP contribution < -0.4 is 20.5 Å². The van der Waals surface area contributed by atoms with Gasteiger partial charge < -0.3 is 15.8 Å². The maximum absolute atomic E-state index is 12.8. The number of fused-ring (bicyclic) bond motifs is 1. The monoisotopic (exact) mass is 457 g/mol. The Morgan fingerprint density at radius 3 is 2.84 bits per heavy atom. The fraction of sp³-hybridized carbons (Fsp3) is 0.200. The molecule has 0 unspecified atom stereocenters. The highest BCUT2D eigenvalue weighted by molar-refractivity contribution is 8.24. The lowest BCUT2D eigenvalue weighted by atomic mass is 10.1. The van der Waals surface area contributed by atoms with E-state index in [2.05, 4.69) is 24.5 Å². The van der Waals surface area contributed by atoms with Gasteiger partial charge in [0.25, 0.3) is 5.91 Å². The van der Waals surface area contributed by atoms with Crippen molar-refractivity contribution < 1.29 is 18.6 Å². The molecule has 12 heteroatoms. The molecule has 168 valence electrons. The van der Waals surface area contributed by atoms with Gasteiger partial charge in [0.05, 0.1) is 16.8 Å². The van der Waals surface area contributed by atoms with Crippen LogP contribution in [0, 0.1) is 0 Å². The van der Waals surface area contributed by atoms with Crippen molar-refractivity contribution in [3.8, 4) is 11.6 Å². The normalized spacial score (nSPS) is 15.7. The molecule has 11 nitrogen and oxygen atoms in total. The summed E-state index contributed by atoms with van der Waals surface area (Å²) in [6.07, 6.45) is 4.92. The minimum absolute atomic E-state index is 0.0425. The Bertz CT molecular complexity index is 1180. The average Bonchev–Trinajstić information content (AvgIpc) is 3.26. The van der Waals surface area contributed by atoms with Crippen LogP contribution in [0.5, 0.6) is 5.75 Å². The van der Waals surface area contributed by atoms with Gasteiger partial charge in [-0.2, -0.15) is 5.10 Å². The summed E-state index contributed by atoms with van der Waals surface area (Å²) in [5.41, 5.74) is 6.44. The summed E-state index contributed by atoms with van der Waals surface area (Å²) in [4.78, 5) is 17.1. The summed E-state index contributed by atoms with van der Waals surface area (Å²) in [7, 11) is -3.38. The van der Waals surface area contributed by atoms with Gasteiger partial charge >= 0.3 is 0 Å². The second-order valence-electron chi connectivity index (χ2n) is 7.76. The molecule has 32 heavy (non-hydrogen) atoms. The predicted molar refractivity (Wildman–Crippen MR) is 122 cm³/mol. The van der Waals surface area contributed by atoms with Crippen LogP contribution in [-0.4, -0.2) is 47.8 Å². The maximum atomic E-state index is 12.8. The van der Waals surface area contributed by atoms with E-state index in [0.29, 0.717) is 28.4 Å². The molecule has 3 aromatic rings. The Kier molecular flexibility index (Phi) is 5.50. The van der Waals surface area contributed by atoms with Crippen molar-refractivity contribution >= 4 is 28.4 Å². The van der Waals surface area contributed by atoms with E-state index in [0.717, 1.165) is 0 Å². The van der Waals surface area contributed by atoms with Crippen molar-refractivity contribution in [2.45, 2.75) is 19.4 Å². The van der Waals surface area contributed by atoms with Gasteiger partial charge in [0.1, 0.15) is 12.4 Å². The van der Waals surface area contributed by atoms with Crippen molar-refractivity contribution in [2.75, 3.05) is 11.3 Å². The molecule has 4 rings (SSSR count). The van der Waals surface area contributed by atoms with Crippen LogP contribution in [0.4, 0.5) is 5.69 Å². The third-order valence-corrected chi connectivity index (χ3v) is 5.49. The molecule has 0 spiro atoms. The highest BCUT2D eigenvalue weighted by atomic mass is 32.3. The van der Waals surface area contributed by atoms with Gasteiger partial charge in [-0.05, 0) is 55.1 Å². The molecule has 0 bridgehead atoms. The lowest BCUT2D eigenvalue weighted by Crippen LogP contribution is -2.48. The summed E-state index contributed by atoms with van der Waals surface area (Å²) < 4.78 is 33.3. The van der Waals surface area contributed by atoms with E-state index in [1.165, 1.54) is 0 Å². The maximum Gasteiger partial charge on any atom is 0.252 e. The Morgan fingerprint density at radius 2 is 2.09 bits per heavy atom. The van der Waals surface area contributed by atoms with Crippen LogP contribution in [0.25, 0.3) is 5.82 Å². The number of anilines is 1. The molecule has 0 atom stereocenters. The number of carbonyl (C=O) groups excluding carboxylic acids is 1. The minimum atomic E-state index is -3.38. The van der Waals surface area contributed by atoms with E-state index in [9.17, 15) is 13.9 Å². The number of aromatic nitrogens is 3. The predicted octanol–water partition coefficient (Wildman–Crippen LogP) is 2.57. The van der Waals surface area contributed by atoms with Crippen LogP contribution in [0.15, 0.2) is 59.4 Å². The zero-order chi connectivity index (χ0) is 22.9. The van der Waals surface area contributed by atoms with Crippen molar-refractivity contribution in [2.24, 2.45) is 10.1 Å². The molecule has 3 heterocycles. The number of hydrogen-bond donors (Lipinski definition) is 5. The van der Waals surface area contributed by atoms with Gasteiger partial charge in [-0.25, -0.2) is 9.67 Å². The highest BCUT2D eigenvalue weighted by Crippen LogP contribution is 2.46. The van der Waals surface area contributed by atoms with E-state index < -0.39 is 16.5 Å². The zero-order valence-electron chi connectivity index (χ0n) is 17.4. The zero-order valence-corrected chi connectivity index (χ0v) is 18.2. The number of amides is 1. The number of amidine groups is 1. The standard InChI is InChI=1S/C20H23N7O4S/c1-20(2,24-19(28)13-7-9-22-16(11-13)27-10-4-8-23-27)12-31-15-6-3-5-14-17(15)18(21)26-32(29,30)25-14/h3-11,25,29-30H,12H2,1-2H3,(H2,21,26)(H,24,28). The smallest absolute Gasteiger partial charge is 0.252 e. The molecule has 0 saturated heterocycles. The number of nitrogens with one attached hydrogen (secondary N) is 2. The fourth-order valence-electron chi connectivity index (χ4n) is 3.12. The molecule has 0 saturated carbocycles. The van der Waals surface area contributed by atoms with Gasteiger partial charge in [0.15, 0.2) is 11.7 Å². The number of benzene rings is 1. The van der Waals surface area contributed by atoms with Gasteiger partial charge in [0.2, 0.25) is 0 Å². The van der Waals surface area contributed by atoms with Gasteiger partial charge in [-0.1, -0.05) is 6.07 Å². The van der Waals surface area contributed by atoms with Crippen molar-refractivity contribution in [1.29, 1.82) is 0 Å². The first-order chi connectivity index (χ1) is 15.1. The lowest BCUT2D eigenvalue weighted by Gasteiger charge is -2.34. The fourth-order valence-corrected chi connectivity index (χ4v) is 3.99. The number of ether oxygens (including phenoxy) is 1. The molecule has 1 aliphatic rings. The van der Waals surface area contributed by atoms with E-state index in [4.69, 9.17) is 10.5 Å². The molecule has 1 aromatic carbocycles. The van der Waals surface area contributed by atoms with Crippen LogP contribution in [0.3, 0.4) is 0 Å². The van der Waals surface area contributed by atoms with E-state index in [-0.39, 0.29) is 18.3 Å². The summed E-state index contributed by atoms with van der Waals surface area (Å²) in [6, 6.07) is 10.1. The van der Waals surface area contributed by atoms with Gasteiger partial charge in [-0.3, -0.25) is 18.6 Å². The first-order valence-electron chi connectivity index (χ1n) is 9.60. The molecule has 2 aromatic heterocycles. The van der Waals surface area contributed by atoms with Crippen molar-refractivity contribution in [1.82, 2.24) is 20.1 Å². The van der Waals surface area contributed by atoms with E-state index in [1.54, 1.807) is 59.7 Å². The summed E-state index contributed by atoms with van der Waals surface area (Å²) in [6.45, 7) is 3.76. The van der Waals surface area contributed by atoms with Crippen molar-refractivity contribution in [3.63, 3.8) is 0 Å². The quantitative estimate of drug-likeness (QED) is 0.377. The largest absolute Gasteiger partial charge is 0.490 e. The SMILES string of the molecule is CC(C)(COc1cccc2c1C(N)=NS(O)(O)N2)NC(=O)c1ccnc(-n2cccn2)c1. The van der Waals surface area contributed by atoms with Crippen LogP contribution in [0.1, 0.15) is 29.8 Å². The molecule has 0 aliphatic carbocycles. The van der Waals surface area contributed by atoms with Crippen LogP contribution in [-0.2, 0) is 0 Å². The first kappa shape index (κ1) is 21.6. The Balaban J connectivity index is 1.46. The van der Waals surface area contributed by atoms with Gasteiger partial charge in [-0.15, -0.1) is 4.40 Å². The Labute approximate surface area is 186 Å². The summed E-state index contributed by atoms with van der Waals surface area (Å²) >= 11 is 0. The van der Waals surface area contributed by atoms with Gasteiger partial charge in [0, 0.05) is 24.2 Å². The Hall–Kier alpha value is -3.61. The average molecular weight is 458 g/mol. The van der Waals surface area contributed by atoms with E-state index >= 15 is 0 Å². The highest BCUT2D eigenvalue weighted by Gasteiger charge is 2.27. The third kappa shape index (κ3) is 4.66. The number of rotatable bonds is 6. The number of nitrogens with zero attached hydrogens (tertiary/aromatic N) is 4. The molecule has 1 aliphatic heterocycles. The third-order valence-electron chi connectivity index (χ3n) is 4.54. The lowest BCUT2D eigenvalue weighted by molar-refractivity contribution is 0.0880. The minimum Gasteiger partial charge on any atom is -0.490 e. The second-order valence-corrected chi connectivity index (χ2v) is 9.18. The molecule has 6 N–H and O–H groups in total. The summed E-state index contributed by atoms with van der Waals surface area (Å²) in [5.74, 6) is 0.597. The number of pyridine rings is 1. The Morgan fingerprint density at radius 1 is 1.28 bits per heavy atom. The molecule has 0 radical (unpaired) electrons. The topological polar surface area (TPSA) is 160 Å². The number of nitrogens with two attached hydrogens (primary N) is 1. The number of hydrogen-bond acceptors (Lipinski definition) is 9. The second kappa shape index (κ2) is 8.15. The van der Waals surface area contributed by atoms with Crippen LogP contribution in [0.2, 0.25) is 0 Å². The molecule has 0 fully saturated rings. The summed E-state index contributed by atoms with van der Waals surface area (Å²) in [5, 5.41) is 7.07. The molecule has 1 amide bonds. The number of carbonyl (C=O) groups is 1. The van der Waals surface area contributed by atoms with Crippen LogP contribution >= 0.6 is 11.0 Å². The van der Waals surface area contributed by atoms with E-state index in [1.807, 2.05) is 13.8 Å².